The molecule has 0 unspecified atom stereocenters. The highest BCUT2D eigenvalue weighted by atomic mass is 35.5. The Morgan fingerprint density at radius 3 is 2.68 bits per heavy atom. The van der Waals surface area contributed by atoms with E-state index in [4.69, 9.17) is 16.3 Å². The molecule has 0 aromatic heterocycles. The molecule has 2 aliphatic rings. The first kappa shape index (κ1) is 19.6. The molecule has 5 heteroatoms. The van der Waals surface area contributed by atoms with Gasteiger partial charge in [-0.2, -0.15) is 0 Å². The number of aromatic hydroxyl groups is 1. The van der Waals surface area contributed by atoms with Crippen LogP contribution in [0.5, 0.6) is 11.5 Å². The zero-order chi connectivity index (χ0) is 19.7. The zero-order valence-corrected chi connectivity index (χ0v) is 17.0. The quantitative estimate of drug-likeness (QED) is 0.763. The van der Waals surface area contributed by atoms with Gasteiger partial charge in [0.25, 0.3) is 0 Å². The van der Waals surface area contributed by atoms with Crippen LogP contribution < -0.4 is 4.74 Å². The summed E-state index contributed by atoms with van der Waals surface area (Å²) in [4.78, 5) is 2.46. The van der Waals surface area contributed by atoms with Crippen LogP contribution in [0.25, 0.3) is 0 Å². The fourth-order valence-electron chi connectivity index (χ4n) is 5.07. The Bertz CT molecular complexity index is 825. The Balaban J connectivity index is 1.70. The lowest BCUT2D eigenvalue weighted by Crippen LogP contribution is -2.54. The molecule has 2 fully saturated rings. The number of phenolic OH excluding ortho intramolecular Hbond substituents is 1. The van der Waals surface area contributed by atoms with Crippen molar-refractivity contribution in [1.82, 2.24) is 4.90 Å². The first-order chi connectivity index (χ1) is 13.5. The van der Waals surface area contributed by atoms with Crippen molar-refractivity contribution in [3.05, 3.63) is 58.6 Å². The lowest BCUT2D eigenvalue weighted by atomic mass is 9.66. The Morgan fingerprint density at radius 1 is 1.14 bits per heavy atom. The minimum absolute atomic E-state index is 0.0872. The van der Waals surface area contributed by atoms with Crippen LogP contribution in [-0.2, 0) is 6.54 Å². The van der Waals surface area contributed by atoms with Crippen LogP contribution in [0.4, 0.5) is 0 Å². The summed E-state index contributed by atoms with van der Waals surface area (Å²) in [5.41, 5.74) is 1.69. The molecule has 1 aliphatic carbocycles. The van der Waals surface area contributed by atoms with Gasteiger partial charge in [-0.1, -0.05) is 42.6 Å². The van der Waals surface area contributed by atoms with Gasteiger partial charge in [-0.15, -0.1) is 0 Å². The average Bonchev–Trinajstić information content (AvgIpc) is 2.70. The van der Waals surface area contributed by atoms with Gasteiger partial charge in [-0.05, 0) is 54.7 Å². The van der Waals surface area contributed by atoms with Crippen molar-refractivity contribution in [2.45, 2.75) is 50.3 Å². The molecule has 1 aliphatic heterocycles. The standard InChI is InChI=1S/C23H28ClNO3/c1-28-21-14-17(7-10-20(21)26)22-19-4-2-3-11-23(19,27)12-13-25(22)15-16-5-8-18(24)9-6-16/h5-10,14,19,22,26-27H,2-4,11-13,15H2,1H3/t19-,22+,23-/m0/s1. The van der Waals surface area contributed by atoms with Crippen molar-refractivity contribution < 1.29 is 14.9 Å². The van der Waals surface area contributed by atoms with Gasteiger partial charge in [0.1, 0.15) is 0 Å². The SMILES string of the molecule is COc1cc([C@@H]2[C@@H]3CCCC[C@]3(O)CCN2Cc2ccc(Cl)cc2)ccc1O. The van der Waals surface area contributed by atoms with Crippen LogP contribution in [0.2, 0.25) is 5.02 Å². The lowest BCUT2D eigenvalue weighted by Gasteiger charge is -2.53. The van der Waals surface area contributed by atoms with E-state index in [9.17, 15) is 10.2 Å². The predicted molar refractivity (Wildman–Crippen MR) is 111 cm³/mol. The third-order valence-electron chi connectivity index (χ3n) is 6.52. The number of likely N-dealkylation sites (tertiary alicyclic amines) is 1. The number of halogens is 1. The van der Waals surface area contributed by atoms with Crippen LogP contribution in [-0.4, -0.2) is 34.4 Å². The van der Waals surface area contributed by atoms with E-state index in [0.717, 1.165) is 55.8 Å². The second kappa shape index (κ2) is 7.94. The Hall–Kier alpha value is -1.75. The van der Waals surface area contributed by atoms with Crippen molar-refractivity contribution in [1.29, 1.82) is 0 Å². The lowest BCUT2D eigenvalue weighted by molar-refractivity contribution is -0.126. The molecule has 28 heavy (non-hydrogen) atoms. The molecule has 0 spiro atoms. The number of hydrogen-bond acceptors (Lipinski definition) is 4. The molecule has 1 heterocycles. The molecule has 1 saturated heterocycles. The van der Waals surface area contributed by atoms with Gasteiger partial charge in [0.15, 0.2) is 11.5 Å². The van der Waals surface area contributed by atoms with Crippen molar-refractivity contribution in [3.8, 4) is 11.5 Å². The van der Waals surface area contributed by atoms with Gasteiger partial charge in [0.05, 0.1) is 12.7 Å². The summed E-state index contributed by atoms with van der Waals surface area (Å²) in [6.07, 6.45) is 4.93. The highest BCUT2D eigenvalue weighted by Gasteiger charge is 2.48. The number of fused-ring (bicyclic) bond motifs is 1. The normalized spacial score (nSPS) is 28.0. The summed E-state index contributed by atoms with van der Waals surface area (Å²) in [5, 5.41) is 22.2. The van der Waals surface area contributed by atoms with E-state index in [1.165, 1.54) is 5.56 Å². The molecule has 2 aromatic rings. The van der Waals surface area contributed by atoms with Crippen molar-refractivity contribution in [3.63, 3.8) is 0 Å². The second-order valence-corrected chi connectivity index (χ2v) is 8.62. The average molecular weight is 402 g/mol. The second-order valence-electron chi connectivity index (χ2n) is 8.18. The number of hydrogen-bond donors (Lipinski definition) is 2. The molecule has 3 atom stereocenters. The minimum atomic E-state index is -0.607. The maximum atomic E-state index is 11.4. The van der Waals surface area contributed by atoms with Crippen molar-refractivity contribution in [2.75, 3.05) is 13.7 Å². The van der Waals surface area contributed by atoms with E-state index in [1.807, 2.05) is 24.3 Å². The van der Waals surface area contributed by atoms with E-state index in [2.05, 4.69) is 17.0 Å². The van der Waals surface area contributed by atoms with Gasteiger partial charge >= 0.3 is 0 Å². The fourth-order valence-corrected chi connectivity index (χ4v) is 5.19. The number of ether oxygens (including phenoxy) is 1. The van der Waals surface area contributed by atoms with Gasteiger partial charge < -0.3 is 14.9 Å². The highest BCUT2D eigenvalue weighted by Crippen LogP contribution is 2.50. The molecule has 2 N–H and O–H groups in total. The largest absolute Gasteiger partial charge is 0.504 e. The van der Waals surface area contributed by atoms with Gasteiger partial charge in [0, 0.05) is 30.1 Å². The van der Waals surface area contributed by atoms with E-state index in [1.54, 1.807) is 13.2 Å². The summed E-state index contributed by atoms with van der Waals surface area (Å²) in [6, 6.07) is 13.7. The molecular weight excluding hydrogens is 374 g/mol. The molecule has 4 nitrogen and oxygen atoms in total. The third-order valence-corrected chi connectivity index (χ3v) is 6.77. The van der Waals surface area contributed by atoms with Crippen LogP contribution in [0, 0.1) is 5.92 Å². The molecule has 0 radical (unpaired) electrons. The number of phenols is 1. The maximum Gasteiger partial charge on any atom is 0.160 e. The first-order valence-corrected chi connectivity index (χ1v) is 10.5. The Labute approximate surface area is 171 Å². The van der Waals surface area contributed by atoms with Crippen molar-refractivity contribution >= 4 is 11.6 Å². The Morgan fingerprint density at radius 2 is 1.93 bits per heavy atom. The van der Waals surface area contributed by atoms with E-state index in [0.29, 0.717) is 5.75 Å². The molecule has 4 rings (SSSR count). The van der Waals surface area contributed by atoms with E-state index in [-0.39, 0.29) is 17.7 Å². The minimum Gasteiger partial charge on any atom is -0.504 e. The Kier molecular flexibility index (Phi) is 5.55. The summed E-state index contributed by atoms with van der Waals surface area (Å²) in [5.74, 6) is 0.802. The van der Waals surface area contributed by atoms with Crippen molar-refractivity contribution in [2.24, 2.45) is 5.92 Å². The molecule has 2 aromatic carbocycles. The summed E-state index contributed by atoms with van der Waals surface area (Å²) in [7, 11) is 1.57. The third kappa shape index (κ3) is 3.73. The summed E-state index contributed by atoms with van der Waals surface area (Å²) < 4.78 is 5.36. The highest BCUT2D eigenvalue weighted by molar-refractivity contribution is 6.30. The fraction of sp³-hybridized carbons (Fsp3) is 0.478. The predicted octanol–water partition coefficient (Wildman–Crippen LogP) is 4.92. The monoisotopic (exact) mass is 401 g/mol. The molecular formula is C23H28ClNO3. The maximum absolute atomic E-state index is 11.4. The van der Waals surface area contributed by atoms with Crippen LogP contribution in [0.1, 0.15) is 49.3 Å². The van der Waals surface area contributed by atoms with Gasteiger partial charge in [-0.3, -0.25) is 4.90 Å². The number of nitrogens with zero attached hydrogens (tertiary/aromatic N) is 1. The molecule has 1 saturated carbocycles. The number of aliphatic hydroxyl groups is 1. The van der Waals surface area contributed by atoms with Gasteiger partial charge in [-0.25, -0.2) is 0 Å². The number of rotatable bonds is 4. The number of methoxy groups -OCH3 is 1. The van der Waals surface area contributed by atoms with E-state index < -0.39 is 5.60 Å². The molecule has 0 bridgehead atoms. The van der Waals surface area contributed by atoms with Crippen LogP contribution in [0.3, 0.4) is 0 Å². The zero-order valence-electron chi connectivity index (χ0n) is 16.3. The van der Waals surface area contributed by atoms with E-state index >= 15 is 0 Å². The van der Waals surface area contributed by atoms with Crippen LogP contribution in [0.15, 0.2) is 42.5 Å². The number of piperidine rings is 1. The topological polar surface area (TPSA) is 52.9 Å². The summed E-state index contributed by atoms with van der Waals surface area (Å²) in [6.45, 7) is 1.64. The molecule has 0 amide bonds. The van der Waals surface area contributed by atoms with Gasteiger partial charge in [0.2, 0.25) is 0 Å². The summed E-state index contributed by atoms with van der Waals surface area (Å²) >= 11 is 6.05. The smallest absolute Gasteiger partial charge is 0.160 e. The molecule has 150 valence electrons. The first-order valence-electron chi connectivity index (χ1n) is 10.1. The van der Waals surface area contributed by atoms with Crippen LogP contribution >= 0.6 is 11.6 Å². The number of benzene rings is 2.